The molecule has 20 heavy (non-hydrogen) atoms. The summed E-state index contributed by atoms with van der Waals surface area (Å²) in [7, 11) is 0.732. The number of hydrogen-bond donors (Lipinski definition) is 1. The van der Waals surface area contributed by atoms with Crippen molar-refractivity contribution in [2.75, 3.05) is 12.8 Å². The number of halogens is 6. The third-order valence-electron chi connectivity index (χ3n) is 2.71. The van der Waals surface area contributed by atoms with Crippen LogP contribution in [0.5, 0.6) is 0 Å². The minimum atomic E-state index is -4.48. The average Bonchev–Trinajstić information content (AvgIpc) is 2.20. The van der Waals surface area contributed by atoms with Gasteiger partial charge in [-0.05, 0) is 23.2 Å². The van der Waals surface area contributed by atoms with Crippen LogP contribution in [0.3, 0.4) is 0 Å². The molecule has 0 aromatic heterocycles. The first-order chi connectivity index (χ1) is 8.84. The van der Waals surface area contributed by atoms with E-state index in [-0.39, 0.29) is 16.7 Å². The fraction of sp³-hybridized carbons (Fsp3) is 0.778. The zero-order chi connectivity index (χ0) is 15.9. The van der Waals surface area contributed by atoms with Crippen LogP contribution in [0.4, 0.5) is 17.6 Å². The van der Waals surface area contributed by atoms with Crippen molar-refractivity contribution in [2.24, 2.45) is 0 Å². The van der Waals surface area contributed by atoms with Crippen LogP contribution in [-0.4, -0.2) is 51.2 Å². The number of rotatable bonds is 3. The molecule has 1 N–H and O–H groups in total. The van der Waals surface area contributed by atoms with E-state index in [0.717, 1.165) is 14.0 Å². The summed E-state index contributed by atoms with van der Waals surface area (Å²) in [6.45, 7) is 1.10. The molecule has 2 amide bonds. The molecule has 1 rings (SSSR count). The fourth-order valence-corrected chi connectivity index (χ4v) is 3.93. The second-order valence-corrected chi connectivity index (χ2v) is 6.26. The molecular weight excluding hydrogens is 347 g/mol. The van der Waals surface area contributed by atoms with Gasteiger partial charge in [0.25, 0.3) is 0 Å². The predicted octanol–water partition coefficient (Wildman–Crippen LogP) is 2.06. The van der Waals surface area contributed by atoms with Gasteiger partial charge in [-0.2, -0.15) is 17.6 Å². The molecule has 1 aliphatic heterocycles. The predicted molar refractivity (Wildman–Crippen MR) is 67.2 cm³/mol. The number of nitrogens with one attached hydrogen (secondary N) is 1. The van der Waals surface area contributed by atoms with Gasteiger partial charge in [0.2, 0.25) is 16.7 Å². The number of nitrogens with zero attached hydrogens (tertiary/aromatic N) is 1. The van der Waals surface area contributed by atoms with Gasteiger partial charge in [-0.1, -0.05) is 0 Å². The molecule has 0 aliphatic carbocycles. The van der Waals surface area contributed by atoms with E-state index in [1.165, 1.54) is 0 Å². The summed E-state index contributed by atoms with van der Waals surface area (Å²) in [4.78, 5) is 19.4. The Bertz CT molecular complexity index is 413. The highest BCUT2D eigenvalue weighted by Gasteiger charge is 2.73. The van der Waals surface area contributed by atoms with Gasteiger partial charge in [0.05, 0.1) is 0 Å². The molecule has 1 heterocycles. The molecule has 0 aromatic rings. The van der Waals surface area contributed by atoms with Gasteiger partial charge in [0.15, 0.2) is 0 Å². The molecule has 0 aromatic carbocycles. The summed E-state index contributed by atoms with van der Waals surface area (Å²) in [6.07, 6.45) is 0. The molecule has 0 saturated carbocycles. The van der Waals surface area contributed by atoms with Crippen LogP contribution in [0.2, 0.25) is 0 Å². The first kappa shape index (κ1) is 17.6. The Balaban J connectivity index is 3.21. The van der Waals surface area contributed by atoms with Crippen LogP contribution in [0.25, 0.3) is 0 Å². The van der Waals surface area contributed by atoms with Crippen molar-refractivity contribution in [3.63, 3.8) is 0 Å². The highest BCUT2D eigenvalue weighted by atomic mass is 35.5. The topological polar surface area (TPSA) is 49.4 Å². The molecule has 0 bridgehead atoms. The SMILES string of the molecule is CC(=O)NC1CSC(C(F)(F)Cl)(C(F)(F)Cl)N(C)C1=O. The smallest absolute Gasteiger partial charge is 0.344 e. The summed E-state index contributed by atoms with van der Waals surface area (Å²) in [5, 5.41) is -6.78. The normalized spacial score (nSPS) is 23.7. The van der Waals surface area contributed by atoms with Gasteiger partial charge in [-0.25, -0.2) is 0 Å². The molecule has 116 valence electrons. The van der Waals surface area contributed by atoms with Crippen LogP contribution < -0.4 is 5.32 Å². The van der Waals surface area contributed by atoms with Crippen molar-refractivity contribution in [2.45, 2.75) is 28.6 Å². The third-order valence-corrected chi connectivity index (χ3v) is 5.18. The van der Waals surface area contributed by atoms with Crippen molar-refractivity contribution >= 4 is 46.8 Å². The molecule has 1 unspecified atom stereocenters. The number of likely N-dealkylation sites (N-methyl/N-ethyl adjacent to an activating group) is 1. The van der Waals surface area contributed by atoms with E-state index < -0.39 is 39.2 Å². The Morgan fingerprint density at radius 2 is 1.85 bits per heavy atom. The molecule has 1 atom stereocenters. The quantitative estimate of drug-likeness (QED) is 0.622. The lowest BCUT2D eigenvalue weighted by molar-refractivity contribution is -0.161. The van der Waals surface area contributed by atoms with Gasteiger partial charge in [0.1, 0.15) is 6.04 Å². The maximum Gasteiger partial charge on any atom is 0.361 e. The van der Waals surface area contributed by atoms with Crippen LogP contribution >= 0.6 is 35.0 Å². The minimum Gasteiger partial charge on any atom is -0.344 e. The third kappa shape index (κ3) is 2.80. The maximum atomic E-state index is 13.5. The Morgan fingerprint density at radius 3 is 2.20 bits per heavy atom. The molecule has 0 radical (unpaired) electrons. The molecule has 1 fully saturated rings. The molecule has 0 spiro atoms. The van der Waals surface area contributed by atoms with Crippen molar-refractivity contribution in [3.05, 3.63) is 0 Å². The summed E-state index contributed by atoms with van der Waals surface area (Å²) in [6, 6.07) is -1.20. The van der Waals surface area contributed by atoms with Gasteiger partial charge in [-0.3, -0.25) is 9.59 Å². The summed E-state index contributed by atoms with van der Waals surface area (Å²) in [5.41, 5.74) is 0. The molecular formula is C9H10Cl2F4N2O2S. The molecule has 1 saturated heterocycles. The van der Waals surface area contributed by atoms with E-state index >= 15 is 0 Å². The largest absolute Gasteiger partial charge is 0.361 e. The summed E-state index contributed by atoms with van der Waals surface area (Å²) >= 11 is 9.55. The lowest BCUT2D eigenvalue weighted by atomic mass is 10.2. The van der Waals surface area contributed by atoms with Crippen molar-refractivity contribution in [3.8, 4) is 0 Å². The van der Waals surface area contributed by atoms with Crippen molar-refractivity contribution in [1.82, 2.24) is 10.2 Å². The standard InChI is InChI=1S/C9H10Cl2F4N2O2S/c1-4(18)16-5-3-20-7(8(10,12)13,9(11,14)15)17(2)6(5)19/h5H,3H2,1-2H3,(H,16,18). The average molecular weight is 357 g/mol. The van der Waals surface area contributed by atoms with E-state index in [2.05, 4.69) is 5.32 Å². The van der Waals surface area contributed by atoms with Crippen LogP contribution in [0.15, 0.2) is 0 Å². The lowest BCUT2D eigenvalue weighted by Gasteiger charge is -2.49. The highest BCUT2D eigenvalue weighted by molar-refractivity contribution is 8.01. The Hall–Kier alpha value is -0.410. The zero-order valence-electron chi connectivity index (χ0n) is 10.2. The number of carbonyl (C=O) groups excluding carboxylic acids is 2. The minimum absolute atomic E-state index is 0.0130. The van der Waals surface area contributed by atoms with E-state index in [9.17, 15) is 27.2 Å². The highest BCUT2D eigenvalue weighted by Crippen LogP contribution is 2.57. The van der Waals surface area contributed by atoms with Gasteiger partial charge < -0.3 is 10.2 Å². The van der Waals surface area contributed by atoms with Crippen molar-refractivity contribution in [1.29, 1.82) is 0 Å². The number of carbonyl (C=O) groups is 2. The number of hydrogen-bond acceptors (Lipinski definition) is 3. The second-order valence-electron chi connectivity index (χ2n) is 4.10. The fourth-order valence-electron chi connectivity index (χ4n) is 1.81. The maximum absolute atomic E-state index is 13.5. The number of amides is 2. The van der Waals surface area contributed by atoms with E-state index in [0.29, 0.717) is 0 Å². The first-order valence-electron chi connectivity index (χ1n) is 5.16. The summed E-state index contributed by atoms with van der Waals surface area (Å²) in [5.74, 6) is -2.23. The van der Waals surface area contributed by atoms with Crippen LogP contribution in [0.1, 0.15) is 6.92 Å². The first-order valence-corrected chi connectivity index (χ1v) is 6.91. The van der Waals surface area contributed by atoms with E-state index in [1.54, 1.807) is 0 Å². The van der Waals surface area contributed by atoms with Gasteiger partial charge in [0, 0.05) is 19.7 Å². The van der Waals surface area contributed by atoms with Crippen molar-refractivity contribution < 1.29 is 27.2 Å². The number of thioether (sulfide) groups is 1. The Labute approximate surface area is 126 Å². The van der Waals surface area contributed by atoms with Crippen LogP contribution in [0, 0.1) is 0 Å². The van der Waals surface area contributed by atoms with Crippen LogP contribution in [-0.2, 0) is 9.59 Å². The Morgan fingerprint density at radius 1 is 1.40 bits per heavy atom. The van der Waals surface area contributed by atoms with E-state index in [4.69, 9.17) is 23.2 Å². The number of alkyl halides is 6. The Kier molecular flexibility index (Phi) is 4.78. The van der Waals surface area contributed by atoms with Gasteiger partial charge in [-0.15, -0.1) is 11.8 Å². The summed E-state index contributed by atoms with van der Waals surface area (Å²) < 4.78 is 53.9. The second kappa shape index (κ2) is 5.42. The molecule has 4 nitrogen and oxygen atoms in total. The zero-order valence-corrected chi connectivity index (χ0v) is 12.6. The lowest BCUT2D eigenvalue weighted by Crippen LogP contribution is -2.70. The van der Waals surface area contributed by atoms with E-state index in [1.807, 2.05) is 0 Å². The monoisotopic (exact) mass is 356 g/mol. The molecule has 1 aliphatic rings. The van der Waals surface area contributed by atoms with Gasteiger partial charge >= 0.3 is 10.8 Å². The molecule has 11 heteroatoms.